The predicted octanol–water partition coefficient (Wildman–Crippen LogP) is 4.39. The van der Waals surface area contributed by atoms with E-state index in [9.17, 15) is 9.90 Å². The maximum absolute atomic E-state index is 11.6. The Morgan fingerprint density at radius 1 is 1.35 bits per heavy atom. The Hall–Kier alpha value is -1.75. The fourth-order valence-electron chi connectivity index (χ4n) is 3.41. The van der Waals surface area contributed by atoms with E-state index in [4.69, 9.17) is 21.9 Å². The number of hydrogen-bond donors (Lipinski definition) is 1. The van der Waals surface area contributed by atoms with Gasteiger partial charge in [-0.15, -0.1) is 0 Å². The van der Waals surface area contributed by atoms with Gasteiger partial charge in [0.1, 0.15) is 6.04 Å². The number of carboxylic acids is 1. The number of ether oxygens (including phenoxy) is 1. The molecule has 0 heterocycles. The molecule has 6 nitrogen and oxygen atoms in total. The molecule has 1 N–H and O–H groups in total. The fourth-order valence-corrected chi connectivity index (χ4v) is 3.54. The van der Waals surface area contributed by atoms with Gasteiger partial charge < -0.3 is 9.84 Å². The van der Waals surface area contributed by atoms with Gasteiger partial charge in [0, 0.05) is 23.0 Å². The molecule has 1 aliphatic carbocycles. The van der Waals surface area contributed by atoms with Crippen molar-refractivity contribution in [1.29, 1.82) is 0 Å². The molecule has 124 valence electrons. The molecule has 23 heavy (non-hydrogen) atoms. The number of hydrogen-bond acceptors (Lipinski definition) is 3. The molecule has 0 bridgehead atoms. The van der Waals surface area contributed by atoms with Crippen molar-refractivity contribution in [3.8, 4) is 0 Å². The third-order valence-electron chi connectivity index (χ3n) is 4.58. The van der Waals surface area contributed by atoms with Crippen LogP contribution in [0.5, 0.6) is 0 Å². The van der Waals surface area contributed by atoms with E-state index in [0.717, 1.165) is 31.2 Å². The first kappa shape index (κ1) is 17.6. The lowest BCUT2D eigenvalue weighted by molar-refractivity contribution is -0.139. The molecule has 0 aromatic heterocycles. The molecule has 1 fully saturated rings. The van der Waals surface area contributed by atoms with Gasteiger partial charge in [-0.2, -0.15) is 0 Å². The lowest BCUT2D eigenvalue weighted by Crippen LogP contribution is -2.34. The number of aliphatic carboxylic acids is 1. The number of rotatable bonds is 6. The third-order valence-corrected chi connectivity index (χ3v) is 4.84. The van der Waals surface area contributed by atoms with Crippen LogP contribution in [0.4, 0.5) is 0 Å². The Bertz CT molecular complexity index is 577. The Kier molecular flexibility index (Phi) is 6.28. The SMILES string of the molecule is COC1CCC(C(c2ccc(Cl)cc2)C(N=[N+]=[N-])C(=O)O)CC1. The topological polar surface area (TPSA) is 95.3 Å². The quantitative estimate of drug-likeness (QED) is 0.473. The van der Waals surface area contributed by atoms with E-state index in [2.05, 4.69) is 10.0 Å². The smallest absolute Gasteiger partial charge is 0.313 e. The van der Waals surface area contributed by atoms with E-state index < -0.39 is 12.0 Å². The monoisotopic (exact) mass is 337 g/mol. The number of halogens is 1. The summed E-state index contributed by atoms with van der Waals surface area (Å²) in [6.45, 7) is 0. The molecule has 2 atom stereocenters. The normalized spacial score (nSPS) is 23.6. The van der Waals surface area contributed by atoms with Gasteiger partial charge >= 0.3 is 5.97 Å². The second-order valence-corrected chi connectivity index (χ2v) is 6.27. The first-order valence-corrected chi connectivity index (χ1v) is 8.00. The average molecular weight is 338 g/mol. The Morgan fingerprint density at radius 2 is 1.96 bits per heavy atom. The molecular weight excluding hydrogens is 318 g/mol. The van der Waals surface area contributed by atoms with Crippen molar-refractivity contribution in [2.45, 2.75) is 43.7 Å². The van der Waals surface area contributed by atoms with E-state index in [1.54, 1.807) is 19.2 Å². The van der Waals surface area contributed by atoms with Crippen LogP contribution in [0.1, 0.15) is 37.2 Å². The Morgan fingerprint density at radius 3 is 2.43 bits per heavy atom. The molecule has 0 spiro atoms. The molecule has 2 unspecified atom stereocenters. The number of carboxylic acid groups (broad SMARTS) is 1. The molecule has 0 amide bonds. The van der Waals surface area contributed by atoms with Gasteiger partial charge in [0.2, 0.25) is 0 Å². The van der Waals surface area contributed by atoms with E-state index >= 15 is 0 Å². The molecule has 1 saturated carbocycles. The van der Waals surface area contributed by atoms with Crippen molar-refractivity contribution in [2.24, 2.45) is 11.0 Å². The molecule has 7 heteroatoms. The van der Waals surface area contributed by atoms with Gasteiger partial charge in [-0.25, -0.2) is 0 Å². The van der Waals surface area contributed by atoms with Crippen molar-refractivity contribution in [3.63, 3.8) is 0 Å². The second-order valence-electron chi connectivity index (χ2n) is 5.84. The summed E-state index contributed by atoms with van der Waals surface area (Å²) >= 11 is 5.93. The van der Waals surface area contributed by atoms with Gasteiger partial charge in [0.05, 0.1) is 6.10 Å². The lowest BCUT2D eigenvalue weighted by Gasteiger charge is -2.35. The largest absolute Gasteiger partial charge is 0.481 e. The van der Waals surface area contributed by atoms with Gasteiger partial charge in [-0.3, -0.25) is 4.79 Å². The van der Waals surface area contributed by atoms with Crippen molar-refractivity contribution < 1.29 is 14.6 Å². The maximum atomic E-state index is 11.6. The highest BCUT2D eigenvalue weighted by Gasteiger charge is 2.37. The third kappa shape index (κ3) is 4.38. The average Bonchev–Trinajstić information content (AvgIpc) is 2.56. The summed E-state index contributed by atoms with van der Waals surface area (Å²) in [5.74, 6) is -1.33. The van der Waals surface area contributed by atoms with Crippen molar-refractivity contribution >= 4 is 17.6 Å². The van der Waals surface area contributed by atoms with E-state index in [0.29, 0.717) is 5.02 Å². The molecule has 0 radical (unpaired) electrons. The summed E-state index contributed by atoms with van der Waals surface area (Å²) < 4.78 is 5.38. The number of azide groups is 1. The maximum Gasteiger partial charge on any atom is 0.313 e. The van der Waals surface area contributed by atoms with Gasteiger partial charge in [-0.1, -0.05) is 28.8 Å². The van der Waals surface area contributed by atoms with Crippen LogP contribution in [0.3, 0.4) is 0 Å². The highest BCUT2D eigenvalue weighted by atomic mass is 35.5. The molecular formula is C16H20ClN3O3. The first-order valence-electron chi connectivity index (χ1n) is 7.62. The highest BCUT2D eigenvalue weighted by Crippen LogP contribution is 2.40. The van der Waals surface area contributed by atoms with E-state index in [-0.39, 0.29) is 17.9 Å². The van der Waals surface area contributed by atoms with Crippen LogP contribution in [0.15, 0.2) is 29.4 Å². The molecule has 1 aliphatic rings. The van der Waals surface area contributed by atoms with Gasteiger partial charge in [0.15, 0.2) is 0 Å². The zero-order valence-electron chi connectivity index (χ0n) is 12.9. The first-order chi connectivity index (χ1) is 11.1. The predicted molar refractivity (Wildman–Crippen MR) is 87.5 cm³/mol. The van der Waals surface area contributed by atoms with Crippen molar-refractivity contribution in [2.75, 3.05) is 7.11 Å². The highest BCUT2D eigenvalue weighted by molar-refractivity contribution is 6.30. The lowest BCUT2D eigenvalue weighted by atomic mass is 9.73. The summed E-state index contributed by atoms with van der Waals surface area (Å²) in [5, 5.41) is 13.6. The summed E-state index contributed by atoms with van der Waals surface area (Å²) in [6, 6.07) is 5.99. The zero-order chi connectivity index (χ0) is 16.8. The van der Waals surface area contributed by atoms with Crippen LogP contribution >= 0.6 is 11.6 Å². The molecule has 1 aromatic carbocycles. The van der Waals surface area contributed by atoms with Crippen LogP contribution in [0, 0.1) is 5.92 Å². The van der Waals surface area contributed by atoms with Crippen LogP contribution < -0.4 is 0 Å². The fraction of sp³-hybridized carbons (Fsp3) is 0.562. The molecule has 0 saturated heterocycles. The number of carbonyl (C=O) groups is 1. The zero-order valence-corrected chi connectivity index (χ0v) is 13.7. The minimum Gasteiger partial charge on any atom is -0.481 e. The van der Waals surface area contributed by atoms with E-state index in [1.165, 1.54) is 0 Å². The Balaban J connectivity index is 2.32. The summed E-state index contributed by atoms with van der Waals surface area (Å²) in [7, 11) is 1.70. The van der Waals surface area contributed by atoms with Crippen molar-refractivity contribution in [1.82, 2.24) is 0 Å². The number of methoxy groups -OCH3 is 1. The molecule has 1 aromatic rings. The van der Waals surface area contributed by atoms with Crippen LogP contribution in [0.2, 0.25) is 5.02 Å². The molecule has 0 aliphatic heterocycles. The Labute approximate surface area is 140 Å². The minimum atomic E-state index is -1.12. The molecule has 2 rings (SSSR count). The van der Waals surface area contributed by atoms with Crippen molar-refractivity contribution in [3.05, 3.63) is 45.3 Å². The second kappa shape index (κ2) is 8.20. The van der Waals surface area contributed by atoms with Gasteiger partial charge in [-0.05, 0) is 54.8 Å². The summed E-state index contributed by atoms with van der Waals surface area (Å²) in [5.41, 5.74) is 9.60. The minimum absolute atomic E-state index is 0.133. The summed E-state index contributed by atoms with van der Waals surface area (Å²) in [4.78, 5) is 14.4. The number of benzene rings is 1. The van der Waals surface area contributed by atoms with E-state index in [1.807, 2.05) is 12.1 Å². The standard InChI is InChI=1S/C16H20ClN3O3/c1-23-13-8-4-11(5-9-13)14(15(16(21)22)19-20-18)10-2-6-12(17)7-3-10/h2-3,6-7,11,13-15H,4-5,8-9H2,1H3,(H,21,22). The van der Waals surface area contributed by atoms with Crippen LogP contribution in [-0.2, 0) is 9.53 Å². The summed E-state index contributed by atoms with van der Waals surface area (Å²) in [6.07, 6.45) is 3.68. The van der Waals surface area contributed by atoms with Crippen LogP contribution in [-0.4, -0.2) is 30.3 Å². The van der Waals surface area contributed by atoms with Gasteiger partial charge in [0.25, 0.3) is 0 Å². The number of nitrogens with zero attached hydrogens (tertiary/aromatic N) is 3. The van der Waals surface area contributed by atoms with Crippen LogP contribution in [0.25, 0.3) is 10.4 Å².